The highest BCUT2D eigenvalue weighted by molar-refractivity contribution is 5.90. The van der Waals surface area contributed by atoms with E-state index >= 15 is 0 Å². The Morgan fingerprint density at radius 3 is 2.33 bits per heavy atom. The average molecular weight is 281 g/mol. The van der Waals surface area contributed by atoms with E-state index in [4.69, 9.17) is 0 Å². The third-order valence-electron chi connectivity index (χ3n) is 3.86. The lowest BCUT2D eigenvalue weighted by Gasteiger charge is -2.10. The van der Waals surface area contributed by atoms with Gasteiger partial charge in [-0.2, -0.15) is 0 Å². The van der Waals surface area contributed by atoms with Gasteiger partial charge in [-0.25, -0.2) is 0 Å². The maximum atomic E-state index is 11.9. The molecule has 0 saturated heterocycles. The van der Waals surface area contributed by atoms with Crippen molar-refractivity contribution in [2.24, 2.45) is 0 Å². The number of hydrogen-bond donors (Lipinski definition) is 1. The van der Waals surface area contributed by atoms with Crippen molar-refractivity contribution in [2.75, 3.05) is 5.32 Å². The molecular formula is C19H23NO. The molecule has 110 valence electrons. The highest BCUT2D eigenvalue weighted by atomic mass is 16.1. The molecule has 0 fully saturated rings. The third kappa shape index (κ3) is 4.75. The Hall–Kier alpha value is -2.09. The summed E-state index contributed by atoms with van der Waals surface area (Å²) in [7, 11) is 0. The van der Waals surface area contributed by atoms with Crippen LogP contribution in [0, 0.1) is 0 Å². The summed E-state index contributed by atoms with van der Waals surface area (Å²) in [6.45, 7) is 4.40. The summed E-state index contributed by atoms with van der Waals surface area (Å²) in [6, 6.07) is 18.3. The summed E-state index contributed by atoms with van der Waals surface area (Å²) in [5, 5.41) is 2.96. The first kappa shape index (κ1) is 15.3. The summed E-state index contributed by atoms with van der Waals surface area (Å²) >= 11 is 0. The Bertz CT molecular complexity index is 560. The zero-order chi connectivity index (χ0) is 15.1. The van der Waals surface area contributed by atoms with Crippen LogP contribution < -0.4 is 5.32 Å². The molecule has 1 amide bonds. The van der Waals surface area contributed by atoms with Gasteiger partial charge in [-0.1, -0.05) is 56.3 Å². The molecule has 0 saturated carbocycles. The van der Waals surface area contributed by atoms with Crippen LogP contribution in [0.2, 0.25) is 0 Å². The van der Waals surface area contributed by atoms with Gasteiger partial charge in [-0.05, 0) is 42.0 Å². The summed E-state index contributed by atoms with van der Waals surface area (Å²) in [4.78, 5) is 11.9. The molecule has 1 N–H and O–H groups in total. The molecule has 0 unspecified atom stereocenters. The van der Waals surface area contributed by atoms with Gasteiger partial charge in [-0.15, -0.1) is 0 Å². The first-order valence-corrected chi connectivity index (χ1v) is 7.62. The number of benzene rings is 2. The van der Waals surface area contributed by atoms with Crippen LogP contribution >= 0.6 is 0 Å². The topological polar surface area (TPSA) is 29.1 Å². The predicted octanol–water partition coefficient (Wildman–Crippen LogP) is 4.77. The minimum absolute atomic E-state index is 0.0649. The minimum atomic E-state index is 0.0649. The maximum absolute atomic E-state index is 11.9. The highest BCUT2D eigenvalue weighted by Crippen LogP contribution is 2.20. The van der Waals surface area contributed by atoms with Gasteiger partial charge in [0.05, 0.1) is 0 Å². The second-order valence-corrected chi connectivity index (χ2v) is 5.47. The lowest BCUT2D eigenvalue weighted by atomic mass is 9.98. The first-order chi connectivity index (χ1) is 10.2. The summed E-state index contributed by atoms with van der Waals surface area (Å²) < 4.78 is 0. The highest BCUT2D eigenvalue weighted by Gasteiger charge is 2.05. The first-order valence-electron chi connectivity index (χ1n) is 7.62. The summed E-state index contributed by atoms with van der Waals surface area (Å²) in [5.74, 6) is 0.628. The number of anilines is 1. The van der Waals surface area contributed by atoms with Gasteiger partial charge >= 0.3 is 0 Å². The van der Waals surface area contributed by atoms with Crippen LogP contribution in [0.3, 0.4) is 0 Å². The van der Waals surface area contributed by atoms with Crippen LogP contribution in [0.1, 0.15) is 43.7 Å². The largest absolute Gasteiger partial charge is 0.326 e. The number of carbonyl (C=O) groups excluding carboxylic acids is 1. The zero-order valence-electron chi connectivity index (χ0n) is 12.8. The molecule has 0 spiro atoms. The van der Waals surface area contributed by atoms with Crippen LogP contribution in [-0.4, -0.2) is 5.91 Å². The second kappa shape index (κ2) is 7.63. The molecule has 21 heavy (non-hydrogen) atoms. The Kier molecular flexibility index (Phi) is 5.56. The van der Waals surface area contributed by atoms with Gasteiger partial charge < -0.3 is 5.32 Å². The number of carbonyl (C=O) groups is 1. The van der Waals surface area contributed by atoms with Crippen LogP contribution in [-0.2, 0) is 11.2 Å². The van der Waals surface area contributed by atoms with E-state index in [2.05, 4.69) is 31.3 Å². The summed E-state index contributed by atoms with van der Waals surface area (Å²) in [6.07, 6.45) is 2.41. The van der Waals surface area contributed by atoms with Crippen molar-refractivity contribution in [3.8, 4) is 0 Å². The third-order valence-corrected chi connectivity index (χ3v) is 3.86. The number of nitrogens with one attached hydrogen (secondary N) is 1. The predicted molar refractivity (Wildman–Crippen MR) is 88.5 cm³/mol. The minimum Gasteiger partial charge on any atom is -0.326 e. The number of rotatable bonds is 6. The van der Waals surface area contributed by atoms with Gasteiger partial charge in [0.2, 0.25) is 5.91 Å². The smallest absolute Gasteiger partial charge is 0.224 e. The lowest BCUT2D eigenvalue weighted by molar-refractivity contribution is -0.116. The number of hydrogen-bond acceptors (Lipinski definition) is 1. The molecule has 0 aromatic heterocycles. The van der Waals surface area contributed by atoms with Crippen LogP contribution in [0.25, 0.3) is 0 Å². The van der Waals surface area contributed by atoms with Crippen molar-refractivity contribution in [3.63, 3.8) is 0 Å². The van der Waals surface area contributed by atoms with Gasteiger partial charge in [0, 0.05) is 12.1 Å². The van der Waals surface area contributed by atoms with Crippen molar-refractivity contribution < 1.29 is 4.79 Å². The quantitative estimate of drug-likeness (QED) is 0.811. The Balaban J connectivity index is 1.85. The van der Waals surface area contributed by atoms with Crippen LogP contribution in [0.15, 0.2) is 54.6 Å². The average Bonchev–Trinajstić information content (AvgIpc) is 2.54. The van der Waals surface area contributed by atoms with Gasteiger partial charge in [0.1, 0.15) is 0 Å². The normalized spacial score (nSPS) is 11.9. The molecular weight excluding hydrogens is 258 g/mol. The van der Waals surface area contributed by atoms with Gasteiger partial charge in [0.15, 0.2) is 0 Å². The van der Waals surface area contributed by atoms with Crippen LogP contribution in [0.4, 0.5) is 5.69 Å². The maximum Gasteiger partial charge on any atom is 0.224 e. The fraction of sp³-hybridized carbons (Fsp3) is 0.316. The van der Waals surface area contributed by atoms with Crippen LogP contribution in [0.5, 0.6) is 0 Å². The summed E-state index contributed by atoms with van der Waals surface area (Å²) in [5.41, 5.74) is 3.39. The van der Waals surface area contributed by atoms with E-state index in [1.54, 1.807) is 0 Å². The van der Waals surface area contributed by atoms with Gasteiger partial charge in [0.25, 0.3) is 0 Å². The SMILES string of the molecule is CC[C@@H](C)c1ccc(NC(=O)CCc2ccccc2)cc1. The van der Waals surface area contributed by atoms with Crippen molar-refractivity contribution in [1.29, 1.82) is 0 Å². The fourth-order valence-corrected chi connectivity index (χ4v) is 2.26. The van der Waals surface area contributed by atoms with E-state index in [9.17, 15) is 4.79 Å². The van der Waals surface area contributed by atoms with E-state index in [0.29, 0.717) is 12.3 Å². The molecule has 2 rings (SSSR count). The lowest BCUT2D eigenvalue weighted by Crippen LogP contribution is -2.12. The van der Waals surface area contributed by atoms with Crippen molar-refractivity contribution in [3.05, 3.63) is 65.7 Å². The standard InChI is InChI=1S/C19H23NO/c1-3-15(2)17-10-12-18(13-11-17)20-19(21)14-9-16-7-5-4-6-8-16/h4-8,10-13,15H,3,9,14H2,1-2H3,(H,20,21)/t15-/m1/s1. The molecule has 2 heteroatoms. The van der Waals surface area contributed by atoms with Crippen molar-refractivity contribution in [1.82, 2.24) is 0 Å². The van der Waals surface area contributed by atoms with E-state index < -0.39 is 0 Å². The molecule has 0 bridgehead atoms. The number of aryl methyl sites for hydroxylation is 1. The Labute approximate surface area is 127 Å². The second-order valence-electron chi connectivity index (χ2n) is 5.47. The number of amides is 1. The van der Waals surface area contributed by atoms with E-state index in [0.717, 1.165) is 18.5 Å². The van der Waals surface area contributed by atoms with E-state index in [1.165, 1.54) is 11.1 Å². The molecule has 1 atom stereocenters. The Morgan fingerprint density at radius 1 is 1.05 bits per heavy atom. The molecule has 2 aromatic carbocycles. The Morgan fingerprint density at radius 2 is 1.71 bits per heavy atom. The molecule has 2 nitrogen and oxygen atoms in total. The molecule has 0 aliphatic carbocycles. The molecule has 0 aliphatic heterocycles. The molecule has 0 heterocycles. The monoisotopic (exact) mass is 281 g/mol. The zero-order valence-corrected chi connectivity index (χ0v) is 12.8. The fourth-order valence-electron chi connectivity index (χ4n) is 2.26. The van der Waals surface area contributed by atoms with Crippen molar-refractivity contribution >= 4 is 11.6 Å². The van der Waals surface area contributed by atoms with Gasteiger partial charge in [-0.3, -0.25) is 4.79 Å². The van der Waals surface area contributed by atoms with Crippen molar-refractivity contribution in [2.45, 2.75) is 39.0 Å². The van der Waals surface area contributed by atoms with E-state index in [-0.39, 0.29) is 5.91 Å². The van der Waals surface area contributed by atoms with E-state index in [1.807, 2.05) is 42.5 Å². The molecule has 0 aliphatic rings. The molecule has 2 aromatic rings. The molecule has 0 radical (unpaired) electrons.